The summed E-state index contributed by atoms with van der Waals surface area (Å²) >= 11 is 9.26. The molecule has 4 nitrogen and oxygen atoms in total. The Morgan fingerprint density at radius 1 is 1.32 bits per heavy atom. The predicted octanol–water partition coefficient (Wildman–Crippen LogP) is 4.38. The minimum atomic E-state index is -0.671. The van der Waals surface area contributed by atoms with Crippen LogP contribution in [0.4, 0.5) is 5.69 Å². The van der Waals surface area contributed by atoms with Gasteiger partial charge in [0.2, 0.25) is 0 Å². The van der Waals surface area contributed by atoms with Crippen LogP contribution < -0.4 is 10.1 Å². The fraction of sp³-hybridized carbons (Fsp3) is 0.125. The monoisotopic (exact) mass is 378 g/mol. The first-order valence-electron chi connectivity index (χ1n) is 6.42. The van der Waals surface area contributed by atoms with Gasteiger partial charge >= 0.3 is 0 Å². The molecule has 6 heteroatoms. The smallest absolute Gasteiger partial charge is 0.265 e. The van der Waals surface area contributed by atoms with Crippen molar-refractivity contribution in [2.24, 2.45) is 0 Å². The van der Waals surface area contributed by atoms with Gasteiger partial charge in [0.05, 0.1) is 10.6 Å². The van der Waals surface area contributed by atoms with Gasteiger partial charge in [-0.05, 0) is 49.4 Å². The van der Waals surface area contributed by atoms with Crippen LogP contribution in [-0.4, -0.2) is 12.0 Å². The molecule has 2 rings (SSSR count). The number of hydrogen-bond donors (Lipinski definition) is 1. The molecular formula is C16H12BrClN2O2. The first-order chi connectivity index (χ1) is 10.5. The van der Waals surface area contributed by atoms with Crippen LogP contribution in [0.25, 0.3) is 0 Å². The summed E-state index contributed by atoms with van der Waals surface area (Å²) in [5.41, 5.74) is 0.874. The highest BCUT2D eigenvalue weighted by atomic mass is 79.9. The Bertz CT molecular complexity index is 726. The third-order valence-corrected chi connectivity index (χ3v) is 3.69. The third kappa shape index (κ3) is 4.23. The second kappa shape index (κ2) is 7.30. The molecule has 0 aromatic heterocycles. The summed E-state index contributed by atoms with van der Waals surface area (Å²) in [5, 5.41) is 11.8. The van der Waals surface area contributed by atoms with Crippen molar-refractivity contribution in [3.8, 4) is 11.8 Å². The molecule has 1 unspecified atom stereocenters. The van der Waals surface area contributed by atoms with E-state index in [2.05, 4.69) is 21.2 Å². The number of nitrogens with zero attached hydrogens (tertiary/aromatic N) is 1. The predicted molar refractivity (Wildman–Crippen MR) is 89.0 cm³/mol. The van der Waals surface area contributed by atoms with E-state index in [4.69, 9.17) is 21.6 Å². The van der Waals surface area contributed by atoms with Crippen LogP contribution in [0, 0.1) is 11.3 Å². The van der Waals surface area contributed by atoms with Crippen molar-refractivity contribution >= 4 is 39.1 Å². The molecule has 112 valence electrons. The highest BCUT2D eigenvalue weighted by Crippen LogP contribution is 2.21. The molecule has 1 atom stereocenters. The van der Waals surface area contributed by atoms with Crippen LogP contribution in [0.1, 0.15) is 12.5 Å². The lowest BCUT2D eigenvalue weighted by Gasteiger charge is -2.15. The average Bonchev–Trinajstić information content (AvgIpc) is 2.49. The summed E-state index contributed by atoms with van der Waals surface area (Å²) in [6.45, 7) is 1.66. The first kappa shape index (κ1) is 16.3. The van der Waals surface area contributed by atoms with E-state index in [1.165, 1.54) is 6.07 Å². The highest BCUT2D eigenvalue weighted by Gasteiger charge is 2.15. The Kier molecular flexibility index (Phi) is 5.42. The van der Waals surface area contributed by atoms with E-state index < -0.39 is 6.10 Å². The van der Waals surface area contributed by atoms with Gasteiger partial charge in [-0.15, -0.1) is 0 Å². The van der Waals surface area contributed by atoms with E-state index in [1.807, 2.05) is 18.2 Å². The standard InChI is InChI=1S/C16H12BrClN2O2/c1-10(22-14-6-3-12(17)4-7-14)16(21)20-13-5-2-11(9-19)15(18)8-13/h2-8,10H,1H3,(H,20,21). The van der Waals surface area contributed by atoms with Crippen LogP contribution in [0.2, 0.25) is 5.02 Å². The Balaban J connectivity index is 2.00. The molecular weight excluding hydrogens is 368 g/mol. The number of anilines is 1. The molecule has 0 fully saturated rings. The number of ether oxygens (including phenoxy) is 1. The zero-order valence-corrected chi connectivity index (χ0v) is 14.0. The van der Waals surface area contributed by atoms with Crippen molar-refractivity contribution in [2.75, 3.05) is 5.32 Å². The van der Waals surface area contributed by atoms with Crippen molar-refractivity contribution in [1.29, 1.82) is 5.26 Å². The Hall–Kier alpha value is -2.03. The van der Waals surface area contributed by atoms with Crippen molar-refractivity contribution < 1.29 is 9.53 Å². The van der Waals surface area contributed by atoms with E-state index in [9.17, 15) is 4.79 Å². The number of benzene rings is 2. The zero-order chi connectivity index (χ0) is 16.1. The van der Waals surface area contributed by atoms with Crippen molar-refractivity contribution in [2.45, 2.75) is 13.0 Å². The fourth-order valence-electron chi connectivity index (χ4n) is 1.70. The zero-order valence-electron chi connectivity index (χ0n) is 11.6. The second-order valence-electron chi connectivity index (χ2n) is 4.51. The highest BCUT2D eigenvalue weighted by molar-refractivity contribution is 9.10. The molecule has 0 aliphatic rings. The number of nitrogens with one attached hydrogen (secondary N) is 1. The van der Waals surface area contributed by atoms with Gasteiger partial charge in [-0.3, -0.25) is 4.79 Å². The summed E-state index contributed by atoms with van der Waals surface area (Å²) in [6.07, 6.45) is -0.671. The molecule has 1 N–H and O–H groups in total. The molecule has 0 bridgehead atoms. The Morgan fingerprint density at radius 2 is 2.00 bits per heavy atom. The van der Waals surface area contributed by atoms with Gasteiger partial charge in [0.1, 0.15) is 11.8 Å². The van der Waals surface area contributed by atoms with E-state index in [-0.39, 0.29) is 5.91 Å². The molecule has 0 spiro atoms. The number of rotatable bonds is 4. The Labute approximate surface area is 141 Å². The third-order valence-electron chi connectivity index (χ3n) is 2.85. The molecule has 1 amide bonds. The molecule has 0 radical (unpaired) electrons. The lowest BCUT2D eigenvalue weighted by Crippen LogP contribution is -2.30. The maximum Gasteiger partial charge on any atom is 0.265 e. The van der Waals surface area contributed by atoms with E-state index in [1.54, 1.807) is 31.2 Å². The van der Waals surface area contributed by atoms with Gasteiger partial charge in [-0.2, -0.15) is 5.26 Å². The van der Waals surface area contributed by atoms with Crippen molar-refractivity contribution in [3.05, 3.63) is 57.5 Å². The van der Waals surface area contributed by atoms with Crippen LogP contribution in [0.3, 0.4) is 0 Å². The summed E-state index contributed by atoms with van der Waals surface area (Å²) in [6, 6.07) is 13.9. The summed E-state index contributed by atoms with van der Waals surface area (Å²) in [4.78, 5) is 12.1. The molecule has 0 aliphatic heterocycles. The normalized spacial score (nSPS) is 11.4. The van der Waals surface area contributed by atoms with E-state index >= 15 is 0 Å². The second-order valence-corrected chi connectivity index (χ2v) is 5.83. The van der Waals surface area contributed by atoms with E-state index in [0.717, 1.165) is 4.47 Å². The molecule has 0 heterocycles. The minimum Gasteiger partial charge on any atom is -0.481 e. The first-order valence-corrected chi connectivity index (χ1v) is 7.59. The SMILES string of the molecule is CC(Oc1ccc(Br)cc1)C(=O)Nc1ccc(C#N)c(Cl)c1. The molecule has 2 aromatic rings. The molecule has 0 saturated carbocycles. The lowest BCUT2D eigenvalue weighted by molar-refractivity contribution is -0.122. The quantitative estimate of drug-likeness (QED) is 0.857. The van der Waals surface area contributed by atoms with Gasteiger partial charge in [-0.1, -0.05) is 27.5 Å². The van der Waals surface area contributed by atoms with Gasteiger partial charge in [0.25, 0.3) is 5.91 Å². The molecule has 2 aromatic carbocycles. The summed E-state index contributed by atoms with van der Waals surface area (Å²) in [5.74, 6) is 0.299. The van der Waals surface area contributed by atoms with E-state index in [0.29, 0.717) is 22.0 Å². The topological polar surface area (TPSA) is 62.1 Å². The van der Waals surface area contributed by atoms with Crippen LogP contribution in [0.5, 0.6) is 5.75 Å². The van der Waals surface area contributed by atoms with Gasteiger partial charge in [-0.25, -0.2) is 0 Å². The largest absolute Gasteiger partial charge is 0.481 e. The average molecular weight is 380 g/mol. The fourth-order valence-corrected chi connectivity index (χ4v) is 2.19. The number of nitriles is 1. The number of carbonyl (C=O) groups excluding carboxylic acids is 1. The van der Waals surface area contributed by atoms with Gasteiger partial charge in [0, 0.05) is 10.2 Å². The van der Waals surface area contributed by atoms with Gasteiger partial charge in [0.15, 0.2) is 6.10 Å². The number of halogens is 2. The maximum absolute atomic E-state index is 12.1. The minimum absolute atomic E-state index is 0.293. The van der Waals surface area contributed by atoms with Crippen LogP contribution >= 0.6 is 27.5 Å². The maximum atomic E-state index is 12.1. The number of hydrogen-bond acceptors (Lipinski definition) is 3. The number of amides is 1. The van der Waals surface area contributed by atoms with Crippen molar-refractivity contribution in [1.82, 2.24) is 0 Å². The molecule has 0 saturated heterocycles. The summed E-state index contributed by atoms with van der Waals surface area (Å²) in [7, 11) is 0. The lowest BCUT2D eigenvalue weighted by atomic mass is 10.2. The van der Waals surface area contributed by atoms with Crippen LogP contribution in [0.15, 0.2) is 46.9 Å². The summed E-state index contributed by atoms with van der Waals surface area (Å²) < 4.78 is 6.49. The van der Waals surface area contributed by atoms with Crippen LogP contribution in [-0.2, 0) is 4.79 Å². The number of carbonyl (C=O) groups is 1. The Morgan fingerprint density at radius 3 is 2.59 bits per heavy atom. The van der Waals surface area contributed by atoms with Crippen molar-refractivity contribution in [3.63, 3.8) is 0 Å². The molecule has 0 aliphatic carbocycles. The van der Waals surface area contributed by atoms with Gasteiger partial charge < -0.3 is 10.1 Å². The molecule has 22 heavy (non-hydrogen) atoms.